The van der Waals surface area contributed by atoms with Crippen LogP contribution in [0.25, 0.3) is 5.69 Å². The lowest BCUT2D eigenvalue weighted by atomic mass is 9.98. The molecule has 2 atom stereocenters. The number of rotatable bonds is 3. The molecular weight excluding hydrogens is 357 g/mol. The highest BCUT2D eigenvalue weighted by Crippen LogP contribution is 2.30. The van der Waals surface area contributed by atoms with E-state index in [0.29, 0.717) is 29.2 Å². The van der Waals surface area contributed by atoms with Gasteiger partial charge in [-0.05, 0) is 50.8 Å². The molecule has 4 rings (SSSR count). The van der Waals surface area contributed by atoms with Gasteiger partial charge in [0.1, 0.15) is 5.82 Å². The van der Waals surface area contributed by atoms with Crippen molar-refractivity contribution in [3.8, 4) is 5.69 Å². The van der Waals surface area contributed by atoms with Crippen LogP contribution < -0.4 is 5.32 Å². The van der Waals surface area contributed by atoms with Crippen LogP contribution in [0.4, 0.5) is 4.39 Å². The van der Waals surface area contributed by atoms with Crippen molar-refractivity contribution in [2.45, 2.75) is 50.7 Å². The second-order valence-corrected chi connectivity index (χ2v) is 7.62. The number of carbonyl (C=O) groups excluding carboxylic acids is 1. The fourth-order valence-corrected chi connectivity index (χ4v) is 4.24. The topological polar surface area (TPSA) is 63.1 Å². The molecule has 2 aliphatic heterocycles. The third kappa shape index (κ3) is 2.99. The highest BCUT2D eigenvalue weighted by molar-refractivity contribution is 6.30. The molecule has 2 aromatic rings. The summed E-state index contributed by atoms with van der Waals surface area (Å²) in [4.78, 5) is 14.8. The molecule has 1 N–H and O–H groups in total. The van der Waals surface area contributed by atoms with Crippen LogP contribution in [0.2, 0.25) is 5.02 Å². The Kier molecular flexibility index (Phi) is 4.44. The molecular formula is C18H21ClFN5O. The Hall–Kier alpha value is -1.99. The van der Waals surface area contributed by atoms with Crippen LogP contribution in [-0.4, -0.2) is 51.0 Å². The van der Waals surface area contributed by atoms with Gasteiger partial charge < -0.3 is 10.2 Å². The highest BCUT2D eigenvalue weighted by atomic mass is 35.5. The smallest absolute Gasteiger partial charge is 0.276 e. The molecule has 3 heterocycles. The number of benzene rings is 1. The van der Waals surface area contributed by atoms with Crippen molar-refractivity contribution in [2.24, 2.45) is 0 Å². The summed E-state index contributed by atoms with van der Waals surface area (Å²) in [5, 5.41) is 11.8. The van der Waals surface area contributed by atoms with Gasteiger partial charge in [0.15, 0.2) is 5.69 Å². The molecule has 2 fully saturated rings. The van der Waals surface area contributed by atoms with Crippen LogP contribution in [0.1, 0.15) is 41.9 Å². The quantitative estimate of drug-likeness (QED) is 0.893. The number of halogens is 2. The molecule has 2 bridgehead atoms. The summed E-state index contributed by atoms with van der Waals surface area (Å²) in [5.41, 5.74) is 1.50. The Morgan fingerprint density at radius 1 is 1.35 bits per heavy atom. The van der Waals surface area contributed by atoms with E-state index in [0.717, 1.165) is 12.8 Å². The van der Waals surface area contributed by atoms with Gasteiger partial charge in [-0.1, -0.05) is 16.8 Å². The number of fused-ring (bicyclic) bond motifs is 2. The summed E-state index contributed by atoms with van der Waals surface area (Å²) >= 11 is 5.85. The molecule has 2 aliphatic rings. The predicted molar refractivity (Wildman–Crippen MR) is 96.1 cm³/mol. The molecule has 6 nitrogen and oxygen atoms in total. The van der Waals surface area contributed by atoms with Crippen molar-refractivity contribution >= 4 is 17.5 Å². The lowest BCUT2D eigenvalue weighted by Crippen LogP contribution is -2.48. The Morgan fingerprint density at radius 3 is 2.69 bits per heavy atom. The molecule has 8 heteroatoms. The van der Waals surface area contributed by atoms with E-state index in [4.69, 9.17) is 11.6 Å². The zero-order valence-electron chi connectivity index (χ0n) is 14.7. The molecule has 1 aromatic carbocycles. The molecule has 138 valence electrons. The van der Waals surface area contributed by atoms with Gasteiger partial charge in [0.2, 0.25) is 0 Å². The number of hydrogen-bond donors (Lipinski definition) is 1. The first-order valence-corrected chi connectivity index (χ1v) is 9.22. The van der Waals surface area contributed by atoms with E-state index in [1.807, 2.05) is 7.05 Å². The summed E-state index contributed by atoms with van der Waals surface area (Å²) in [5.74, 6) is -0.627. The Labute approximate surface area is 156 Å². The second-order valence-electron chi connectivity index (χ2n) is 7.21. The monoisotopic (exact) mass is 377 g/mol. The van der Waals surface area contributed by atoms with Crippen LogP contribution in [0.15, 0.2) is 18.2 Å². The first-order chi connectivity index (χ1) is 12.4. The van der Waals surface area contributed by atoms with Crippen molar-refractivity contribution in [1.29, 1.82) is 0 Å². The molecule has 2 unspecified atom stereocenters. The second kappa shape index (κ2) is 6.63. The molecule has 2 saturated heterocycles. The lowest BCUT2D eigenvalue weighted by Gasteiger charge is -2.35. The largest absolute Gasteiger partial charge is 0.337 e. The molecule has 0 aliphatic carbocycles. The van der Waals surface area contributed by atoms with Crippen molar-refractivity contribution in [3.05, 3.63) is 40.4 Å². The fourth-order valence-electron chi connectivity index (χ4n) is 4.07. The maximum atomic E-state index is 13.4. The number of piperidine rings is 1. The standard InChI is InChI=1S/C18H21ClFN5O/c1-10-17(22-23-25(10)13-5-6-16(20)15(19)9-13)18(26)24(2)14-7-11-3-4-12(8-14)21-11/h5-6,9,11-12,14,21H,3-4,7-8H2,1-2H3. The molecule has 1 aromatic heterocycles. The van der Waals surface area contributed by atoms with Gasteiger partial charge in [0.25, 0.3) is 5.91 Å². The maximum Gasteiger partial charge on any atom is 0.276 e. The molecule has 26 heavy (non-hydrogen) atoms. The molecule has 0 spiro atoms. The Balaban J connectivity index is 1.57. The van der Waals surface area contributed by atoms with Crippen LogP contribution in [0, 0.1) is 12.7 Å². The van der Waals surface area contributed by atoms with Crippen LogP contribution >= 0.6 is 11.6 Å². The van der Waals surface area contributed by atoms with Crippen LogP contribution in [0.5, 0.6) is 0 Å². The summed E-state index contributed by atoms with van der Waals surface area (Å²) in [6.07, 6.45) is 4.31. The van der Waals surface area contributed by atoms with Gasteiger partial charge in [-0.3, -0.25) is 4.79 Å². The number of nitrogens with zero attached hydrogens (tertiary/aromatic N) is 4. The van der Waals surface area contributed by atoms with Crippen molar-refractivity contribution in [2.75, 3.05) is 7.05 Å². The molecule has 1 amide bonds. The maximum absolute atomic E-state index is 13.4. The van der Waals surface area contributed by atoms with Gasteiger partial charge in [-0.15, -0.1) is 5.10 Å². The van der Waals surface area contributed by atoms with Gasteiger partial charge in [-0.2, -0.15) is 0 Å². The van der Waals surface area contributed by atoms with E-state index in [2.05, 4.69) is 15.6 Å². The van der Waals surface area contributed by atoms with Crippen molar-refractivity contribution in [1.82, 2.24) is 25.2 Å². The minimum Gasteiger partial charge on any atom is -0.337 e. The van der Waals surface area contributed by atoms with E-state index < -0.39 is 5.82 Å². The zero-order valence-corrected chi connectivity index (χ0v) is 15.5. The highest BCUT2D eigenvalue weighted by Gasteiger charge is 2.37. The first kappa shape index (κ1) is 17.4. The number of nitrogens with one attached hydrogen (secondary N) is 1. The summed E-state index contributed by atoms with van der Waals surface area (Å²) in [7, 11) is 1.84. The summed E-state index contributed by atoms with van der Waals surface area (Å²) in [6, 6.07) is 5.54. The van der Waals surface area contributed by atoms with Gasteiger partial charge in [-0.25, -0.2) is 9.07 Å². The molecule has 0 saturated carbocycles. The van der Waals surface area contributed by atoms with E-state index in [1.54, 1.807) is 17.9 Å². The van der Waals surface area contributed by atoms with Crippen LogP contribution in [-0.2, 0) is 0 Å². The average Bonchev–Trinajstić information content (AvgIpc) is 3.18. The van der Waals surface area contributed by atoms with Gasteiger partial charge in [0, 0.05) is 25.2 Å². The number of aromatic nitrogens is 3. The van der Waals surface area contributed by atoms with Gasteiger partial charge in [0.05, 0.1) is 16.4 Å². The third-order valence-corrected chi connectivity index (χ3v) is 5.85. The SMILES string of the molecule is Cc1c(C(=O)N(C)C2CC3CCC(C2)N3)nnn1-c1ccc(F)c(Cl)c1. The normalized spacial score (nSPS) is 24.7. The van der Waals surface area contributed by atoms with Gasteiger partial charge >= 0.3 is 0 Å². The summed E-state index contributed by atoms with van der Waals surface area (Å²) in [6.45, 7) is 1.78. The molecule has 0 radical (unpaired) electrons. The van der Waals surface area contributed by atoms with Crippen LogP contribution in [0.3, 0.4) is 0 Å². The predicted octanol–water partition coefficient (Wildman–Crippen LogP) is 2.72. The minimum absolute atomic E-state index is 0.00701. The fraction of sp³-hybridized carbons (Fsp3) is 0.500. The van der Waals surface area contributed by atoms with E-state index in [-0.39, 0.29) is 17.0 Å². The number of hydrogen-bond acceptors (Lipinski definition) is 4. The first-order valence-electron chi connectivity index (χ1n) is 8.85. The van der Waals surface area contributed by atoms with Crippen molar-refractivity contribution < 1.29 is 9.18 Å². The lowest BCUT2D eigenvalue weighted by molar-refractivity contribution is 0.0675. The summed E-state index contributed by atoms with van der Waals surface area (Å²) < 4.78 is 14.9. The number of carbonyl (C=O) groups is 1. The van der Waals surface area contributed by atoms with Crippen molar-refractivity contribution in [3.63, 3.8) is 0 Å². The van der Waals surface area contributed by atoms with E-state index in [9.17, 15) is 9.18 Å². The minimum atomic E-state index is -0.496. The zero-order chi connectivity index (χ0) is 18.4. The number of amides is 1. The average molecular weight is 378 g/mol. The van der Waals surface area contributed by atoms with E-state index in [1.165, 1.54) is 29.7 Å². The Morgan fingerprint density at radius 2 is 2.04 bits per heavy atom. The Bertz CT molecular complexity index is 842. The third-order valence-electron chi connectivity index (χ3n) is 5.56. The van der Waals surface area contributed by atoms with E-state index >= 15 is 0 Å².